The molecule has 2 N–H and O–H groups in total. The Morgan fingerprint density at radius 3 is 2.48 bits per heavy atom. The molecular formula is C21H23ClN2O3. The molecule has 0 bridgehead atoms. The fourth-order valence-corrected chi connectivity index (χ4v) is 2.50. The van der Waals surface area contributed by atoms with E-state index in [-0.39, 0.29) is 18.9 Å². The fourth-order valence-electron chi connectivity index (χ4n) is 2.30. The number of hydrogen-bond acceptors (Lipinski definition) is 3. The summed E-state index contributed by atoms with van der Waals surface area (Å²) in [6.45, 7) is 6.17. The van der Waals surface area contributed by atoms with Gasteiger partial charge < -0.3 is 10.1 Å². The molecule has 0 spiro atoms. The third kappa shape index (κ3) is 6.79. The van der Waals surface area contributed by atoms with Crippen molar-refractivity contribution in [3.8, 4) is 0 Å². The summed E-state index contributed by atoms with van der Waals surface area (Å²) in [6, 6.07) is 14.8. The van der Waals surface area contributed by atoms with Crippen molar-refractivity contribution in [1.29, 1.82) is 0 Å². The lowest BCUT2D eigenvalue weighted by Crippen LogP contribution is -2.25. The van der Waals surface area contributed by atoms with E-state index in [2.05, 4.69) is 24.1 Å². The van der Waals surface area contributed by atoms with Gasteiger partial charge in [-0.05, 0) is 35.7 Å². The number of ether oxygens (including phenoxy) is 1. The van der Waals surface area contributed by atoms with Crippen LogP contribution in [0.2, 0.25) is 5.02 Å². The molecule has 2 amide bonds. The van der Waals surface area contributed by atoms with E-state index in [0.29, 0.717) is 22.8 Å². The zero-order valence-corrected chi connectivity index (χ0v) is 16.0. The molecule has 2 aromatic rings. The maximum absolute atomic E-state index is 12.0. The first-order chi connectivity index (χ1) is 13.0. The third-order valence-corrected chi connectivity index (χ3v) is 4.33. The Balaban J connectivity index is 1.69. The van der Waals surface area contributed by atoms with Crippen molar-refractivity contribution in [3.05, 3.63) is 76.8 Å². The van der Waals surface area contributed by atoms with Gasteiger partial charge in [-0.15, -0.1) is 0 Å². The number of halogens is 1. The van der Waals surface area contributed by atoms with Gasteiger partial charge in [0.2, 0.25) is 5.91 Å². The Morgan fingerprint density at radius 2 is 1.81 bits per heavy atom. The predicted octanol–water partition coefficient (Wildman–Crippen LogP) is 4.71. The summed E-state index contributed by atoms with van der Waals surface area (Å²) in [5, 5.41) is 5.99. The zero-order valence-electron chi connectivity index (χ0n) is 15.3. The van der Waals surface area contributed by atoms with Crippen LogP contribution in [-0.2, 0) is 22.5 Å². The summed E-state index contributed by atoms with van der Waals surface area (Å²) in [5.41, 5.74) is 3.01. The third-order valence-electron chi connectivity index (χ3n) is 3.96. The SMILES string of the molecule is C=C(CCOC(=O)Nc1ccc(CC)cc1)C(=O)NCc1ccccc1Cl. The summed E-state index contributed by atoms with van der Waals surface area (Å²) >= 11 is 6.05. The minimum absolute atomic E-state index is 0.0667. The normalized spacial score (nSPS) is 10.1. The van der Waals surface area contributed by atoms with Crippen molar-refractivity contribution in [1.82, 2.24) is 5.32 Å². The number of benzene rings is 2. The number of anilines is 1. The minimum Gasteiger partial charge on any atom is -0.449 e. The van der Waals surface area contributed by atoms with E-state index >= 15 is 0 Å². The highest BCUT2D eigenvalue weighted by Crippen LogP contribution is 2.14. The first-order valence-corrected chi connectivity index (χ1v) is 9.09. The van der Waals surface area contributed by atoms with Crippen LogP contribution in [0.4, 0.5) is 10.5 Å². The number of carbonyl (C=O) groups excluding carboxylic acids is 2. The monoisotopic (exact) mass is 386 g/mol. The number of rotatable bonds is 8. The van der Waals surface area contributed by atoms with E-state index in [1.54, 1.807) is 6.07 Å². The molecule has 0 heterocycles. The van der Waals surface area contributed by atoms with Crippen LogP contribution in [0.3, 0.4) is 0 Å². The van der Waals surface area contributed by atoms with Gasteiger partial charge in [0.25, 0.3) is 0 Å². The lowest BCUT2D eigenvalue weighted by atomic mass is 10.1. The first-order valence-electron chi connectivity index (χ1n) is 8.71. The molecule has 0 aliphatic rings. The van der Waals surface area contributed by atoms with Crippen LogP contribution >= 0.6 is 11.6 Å². The molecule has 0 radical (unpaired) electrons. The standard InChI is InChI=1S/C21H23ClN2O3/c1-3-16-8-10-18(11-9-16)24-21(26)27-13-12-15(2)20(25)23-14-17-6-4-5-7-19(17)22/h4-11H,2-3,12-14H2,1H3,(H,23,25)(H,24,26). The van der Waals surface area contributed by atoms with E-state index in [1.807, 2.05) is 42.5 Å². The summed E-state index contributed by atoms with van der Waals surface area (Å²) < 4.78 is 5.09. The molecule has 0 aliphatic heterocycles. The van der Waals surface area contributed by atoms with Crippen molar-refractivity contribution < 1.29 is 14.3 Å². The largest absolute Gasteiger partial charge is 0.449 e. The Bertz CT molecular complexity index is 803. The average molecular weight is 387 g/mol. The summed E-state index contributed by atoms with van der Waals surface area (Å²) in [7, 11) is 0. The predicted molar refractivity (Wildman–Crippen MR) is 108 cm³/mol. The van der Waals surface area contributed by atoms with Crippen molar-refractivity contribution in [2.45, 2.75) is 26.3 Å². The minimum atomic E-state index is -0.566. The molecule has 0 saturated heterocycles. The van der Waals surface area contributed by atoms with Crippen LogP contribution in [0.25, 0.3) is 0 Å². The van der Waals surface area contributed by atoms with Gasteiger partial charge in [-0.3, -0.25) is 10.1 Å². The van der Waals surface area contributed by atoms with Crippen LogP contribution in [0.1, 0.15) is 24.5 Å². The van der Waals surface area contributed by atoms with Crippen molar-refractivity contribution >= 4 is 29.3 Å². The highest BCUT2D eigenvalue weighted by atomic mass is 35.5. The van der Waals surface area contributed by atoms with E-state index in [0.717, 1.165) is 12.0 Å². The maximum atomic E-state index is 12.0. The van der Waals surface area contributed by atoms with Gasteiger partial charge in [-0.25, -0.2) is 4.79 Å². The number of hydrogen-bond donors (Lipinski definition) is 2. The lowest BCUT2D eigenvalue weighted by molar-refractivity contribution is -0.117. The number of carbonyl (C=O) groups is 2. The van der Waals surface area contributed by atoms with E-state index in [1.165, 1.54) is 5.56 Å². The topological polar surface area (TPSA) is 67.4 Å². The molecule has 27 heavy (non-hydrogen) atoms. The van der Waals surface area contributed by atoms with E-state index in [4.69, 9.17) is 16.3 Å². The zero-order chi connectivity index (χ0) is 19.6. The van der Waals surface area contributed by atoms with Crippen molar-refractivity contribution in [2.75, 3.05) is 11.9 Å². The highest BCUT2D eigenvalue weighted by Gasteiger charge is 2.09. The number of nitrogens with one attached hydrogen (secondary N) is 2. The van der Waals surface area contributed by atoms with E-state index < -0.39 is 6.09 Å². The van der Waals surface area contributed by atoms with Crippen molar-refractivity contribution in [3.63, 3.8) is 0 Å². The van der Waals surface area contributed by atoms with Crippen LogP contribution < -0.4 is 10.6 Å². The van der Waals surface area contributed by atoms with E-state index in [9.17, 15) is 9.59 Å². The molecule has 2 rings (SSSR count). The van der Waals surface area contributed by atoms with Gasteiger partial charge >= 0.3 is 6.09 Å². The van der Waals surface area contributed by atoms with Crippen molar-refractivity contribution in [2.24, 2.45) is 0 Å². The van der Waals surface area contributed by atoms with Gasteiger partial charge in [0.05, 0.1) is 6.61 Å². The number of amides is 2. The molecule has 142 valence electrons. The summed E-state index contributed by atoms with van der Waals surface area (Å²) in [4.78, 5) is 23.8. The second-order valence-corrected chi connectivity index (χ2v) is 6.35. The van der Waals surface area contributed by atoms with Crippen LogP contribution in [-0.4, -0.2) is 18.6 Å². The molecule has 6 heteroatoms. The fraction of sp³-hybridized carbons (Fsp3) is 0.238. The molecule has 0 saturated carbocycles. The van der Waals surface area contributed by atoms with Gasteiger partial charge in [0.1, 0.15) is 0 Å². The Labute approximate surface area is 164 Å². The van der Waals surface area contributed by atoms with Gasteiger partial charge in [-0.1, -0.05) is 55.4 Å². The number of aryl methyl sites for hydroxylation is 1. The second-order valence-electron chi connectivity index (χ2n) is 5.94. The molecule has 0 aromatic heterocycles. The molecule has 0 unspecified atom stereocenters. The van der Waals surface area contributed by atoms with Crippen LogP contribution in [0.5, 0.6) is 0 Å². The lowest BCUT2D eigenvalue weighted by Gasteiger charge is -2.10. The Kier molecular flexibility index (Phi) is 7.89. The smallest absolute Gasteiger partial charge is 0.411 e. The summed E-state index contributed by atoms with van der Waals surface area (Å²) in [5.74, 6) is -0.297. The molecular weight excluding hydrogens is 364 g/mol. The Hall–Kier alpha value is -2.79. The van der Waals surface area contributed by atoms with Crippen LogP contribution in [0, 0.1) is 0 Å². The van der Waals surface area contributed by atoms with Gasteiger partial charge in [0.15, 0.2) is 0 Å². The second kappa shape index (κ2) is 10.4. The van der Waals surface area contributed by atoms with Gasteiger partial charge in [-0.2, -0.15) is 0 Å². The van der Waals surface area contributed by atoms with Crippen LogP contribution in [0.15, 0.2) is 60.7 Å². The quantitative estimate of drug-likeness (QED) is 0.645. The summed E-state index contributed by atoms with van der Waals surface area (Å²) in [6.07, 6.45) is 0.616. The highest BCUT2D eigenvalue weighted by molar-refractivity contribution is 6.31. The van der Waals surface area contributed by atoms with Gasteiger partial charge in [0, 0.05) is 29.2 Å². The first kappa shape index (κ1) is 20.5. The molecule has 5 nitrogen and oxygen atoms in total. The molecule has 0 fully saturated rings. The maximum Gasteiger partial charge on any atom is 0.411 e. The molecule has 2 aromatic carbocycles. The Morgan fingerprint density at radius 1 is 1.11 bits per heavy atom. The average Bonchev–Trinajstić information content (AvgIpc) is 2.67. The molecule has 0 aliphatic carbocycles. The molecule has 0 atom stereocenters.